The Kier molecular flexibility index (Phi) is 6.67. The first kappa shape index (κ1) is 20.1. The number of nitrogens with zero attached hydrogens (tertiary/aromatic N) is 1. The standard InChI is InChI=1S/C18H19FN2O6/c1-25-16-6-3-11(8-14(20)18(22)26-2)7-12(16)10-27-17-9-13(19)4-5-15(17)21(23)24/h3-7,9,14H,8,10,20H2,1-2H3. The van der Waals surface area contributed by atoms with E-state index in [2.05, 4.69) is 4.74 Å². The van der Waals surface area contributed by atoms with Crippen molar-refractivity contribution < 1.29 is 28.3 Å². The maximum absolute atomic E-state index is 13.4. The summed E-state index contributed by atoms with van der Waals surface area (Å²) in [4.78, 5) is 21.9. The van der Waals surface area contributed by atoms with Gasteiger partial charge in [-0.1, -0.05) is 6.07 Å². The molecule has 144 valence electrons. The summed E-state index contributed by atoms with van der Waals surface area (Å²) in [5.41, 5.74) is 6.70. The van der Waals surface area contributed by atoms with Crippen molar-refractivity contribution in [1.82, 2.24) is 0 Å². The lowest BCUT2D eigenvalue weighted by Crippen LogP contribution is -2.33. The summed E-state index contributed by atoms with van der Waals surface area (Å²) < 4.78 is 28.7. The number of nitro benzene ring substituents is 1. The molecule has 0 spiro atoms. The van der Waals surface area contributed by atoms with Gasteiger partial charge in [-0.2, -0.15) is 0 Å². The maximum atomic E-state index is 13.4. The van der Waals surface area contributed by atoms with Gasteiger partial charge in [-0.25, -0.2) is 4.39 Å². The van der Waals surface area contributed by atoms with Crippen molar-refractivity contribution in [2.24, 2.45) is 5.73 Å². The van der Waals surface area contributed by atoms with Crippen molar-refractivity contribution in [1.29, 1.82) is 0 Å². The van der Waals surface area contributed by atoms with Crippen LogP contribution in [0.2, 0.25) is 0 Å². The quantitative estimate of drug-likeness (QED) is 0.426. The fraction of sp³-hybridized carbons (Fsp3) is 0.278. The number of hydrogen-bond acceptors (Lipinski definition) is 7. The van der Waals surface area contributed by atoms with Gasteiger partial charge in [-0.05, 0) is 30.2 Å². The Balaban J connectivity index is 2.23. The van der Waals surface area contributed by atoms with Crippen molar-refractivity contribution in [2.45, 2.75) is 19.1 Å². The number of rotatable bonds is 8. The predicted octanol–water partition coefficient (Wildman–Crippen LogP) is 2.36. The number of nitro groups is 1. The Morgan fingerprint density at radius 1 is 1.22 bits per heavy atom. The summed E-state index contributed by atoms with van der Waals surface area (Å²) in [6.07, 6.45) is 0.226. The average molecular weight is 378 g/mol. The van der Waals surface area contributed by atoms with Crippen LogP contribution in [0.15, 0.2) is 36.4 Å². The third-order valence-corrected chi connectivity index (χ3v) is 3.81. The molecule has 1 unspecified atom stereocenters. The lowest BCUT2D eigenvalue weighted by Gasteiger charge is -2.14. The topological polar surface area (TPSA) is 114 Å². The highest BCUT2D eigenvalue weighted by Crippen LogP contribution is 2.30. The van der Waals surface area contributed by atoms with Crippen LogP contribution >= 0.6 is 0 Å². The van der Waals surface area contributed by atoms with Gasteiger partial charge in [0.15, 0.2) is 5.75 Å². The highest BCUT2D eigenvalue weighted by molar-refractivity contribution is 5.75. The molecule has 0 saturated carbocycles. The fourth-order valence-corrected chi connectivity index (χ4v) is 2.47. The number of halogens is 1. The van der Waals surface area contributed by atoms with E-state index in [1.54, 1.807) is 18.2 Å². The minimum atomic E-state index is -0.832. The van der Waals surface area contributed by atoms with E-state index in [1.807, 2.05) is 0 Å². The van der Waals surface area contributed by atoms with Crippen LogP contribution in [0.1, 0.15) is 11.1 Å². The van der Waals surface area contributed by atoms with Gasteiger partial charge < -0.3 is 19.9 Å². The largest absolute Gasteiger partial charge is 0.496 e. The molecular formula is C18H19FN2O6. The number of carbonyl (C=O) groups excluding carboxylic acids is 1. The summed E-state index contributed by atoms with van der Waals surface area (Å²) in [6, 6.07) is 7.23. The van der Waals surface area contributed by atoms with E-state index in [-0.39, 0.29) is 24.5 Å². The molecule has 0 fully saturated rings. The van der Waals surface area contributed by atoms with Crippen LogP contribution in [-0.4, -0.2) is 31.2 Å². The Labute approximate surface area is 154 Å². The van der Waals surface area contributed by atoms with Crippen LogP contribution in [0, 0.1) is 15.9 Å². The second-order valence-electron chi connectivity index (χ2n) is 5.64. The van der Waals surface area contributed by atoms with Crippen LogP contribution in [-0.2, 0) is 22.6 Å². The molecule has 0 heterocycles. The molecule has 2 aromatic rings. The smallest absolute Gasteiger partial charge is 0.322 e. The summed E-state index contributed by atoms with van der Waals surface area (Å²) in [7, 11) is 2.71. The monoisotopic (exact) mass is 378 g/mol. The molecular weight excluding hydrogens is 359 g/mol. The van der Waals surface area contributed by atoms with Crippen LogP contribution in [0.4, 0.5) is 10.1 Å². The number of nitrogens with two attached hydrogens (primary N) is 1. The molecule has 2 aromatic carbocycles. The molecule has 0 aliphatic carbocycles. The summed E-state index contributed by atoms with van der Waals surface area (Å²) in [5, 5.41) is 11.1. The molecule has 8 nitrogen and oxygen atoms in total. The van der Waals surface area contributed by atoms with E-state index in [0.29, 0.717) is 11.3 Å². The van der Waals surface area contributed by atoms with Gasteiger partial charge in [0.2, 0.25) is 0 Å². The SMILES string of the molecule is COC(=O)C(N)Cc1ccc(OC)c(COc2cc(F)ccc2[N+](=O)[O-])c1. The summed E-state index contributed by atoms with van der Waals surface area (Å²) in [6.45, 7) is -0.102. The zero-order chi connectivity index (χ0) is 20.0. The van der Waals surface area contributed by atoms with Gasteiger partial charge in [0.05, 0.1) is 19.1 Å². The van der Waals surface area contributed by atoms with Crippen LogP contribution in [0.25, 0.3) is 0 Å². The molecule has 0 aromatic heterocycles. The molecule has 2 N–H and O–H groups in total. The van der Waals surface area contributed by atoms with Crippen molar-refractivity contribution in [3.05, 3.63) is 63.5 Å². The van der Waals surface area contributed by atoms with Crippen molar-refractivity contribution in [3.63, 3.8) is 0 Å². The molecule has 1 atom stereocenters. The van der Waals surface area contributed by atoms with E-state index >= 15 is 0 Å². The molecule has 0 aliphatic heterocycles. The molecule has 0 saturated heterocycles. The Bertz CT molecular complexity index is 843. The minimum Gasteiger partial charge on any atom is -0.496 e. The Morgan fingerprint density at radius 3 is 2.59 bits per heavy atom. The van der Waals surface area contributed by atoms with Gasteiger partial charge in [0.25, 0.3) is 0 Å². The first-order valence-electron chi connectivity index (χ1n) is 7.91. The zero-order valence-corrected chi connectivity index (χ0v) is 14.8. The predicted molar refractivity (Wildman–Crippen MR) is 94.1 cm³/mol. The normalized spacial score (nSPS) is 11.6. The van der Waals surface area contributed by atoms with Crippen molar-refractivity contribution in [2.75, 3.05) is 14.2 Å². The van der Waals surface area contributed by atoms with Crippen LogP contribution in [0.3, 0.4) is 0 Å². The van der Waals surface area contributed by atoms with E-state index in [9.17, 15) is 19.3 Å². The molecule has 27 heavy (non-hydrogen) atoms. The van der Waals surface area contributed by atoms with Gasteiger partial charge in [0.1, 0.15) is 24.2 Å². The molecule has 0 radical (unpaired) electrons. The van der Waals surface area contributed by atoms with Crippen LogP contribution < -0.4 is 15.2 Å². The molecule has 0 aliphatic rings. The first-order valence-corrected chi connectivity index (χ1v) is 7.91. The third kappa shape index (κ3) is 5.14. The number of carbonyl (C=O) groups is 1. The average Bonchev–Trinajstić information content (AvgIpc) is 2.65. The number of esters is 1. The summed E-state index contributed by atoms with van der Waals surface area (Å²) >= 11 is 0. The Hall–Kier alpha value is -3.20. The molecule has 9 heteroatoms. The van der Waals surface area contributed by atoms with E-state index in [1.165, 1.54) is 14.2 Å². The third-order valence-electron chi connectivity index (χ3n) is 3.81. The molecule has 0 amide bonds. The minimum absolute atomic E-state index is 0.102. The zero-order valence-electron chi connectivity index (χ0n) is 14.8. The molecule has 2 rings (SSSR count). The van der Waals surface area contributed by atoms with E-state index in [0.717, 1.165) is 23.8 Å². The summed E-state index contributed by atoms with van der Waals surface area (Å²) in [5.74, 6) is -0.914. The highest BCUT2D eigenvalue weighted by Gasteiger charge is 2.18. The van der Waals surface area contributed by atoms with E-state index in [4.69, 9.17) is 15.2 Å². The van der Waals surface area contributed by atoms with E-state index < -0.39 is 22.8 Å². The van der Waals surface area contributed by atoms with Gasteiger partial charge >= 0.3 is 11.7 Å². The number of methoxy groups -OCH3 is 2. The highest BCUT2D eigenvalue weighted by atomic mass is 19.1. The lowest BCUT2D eigenvalue weighted by molar-refractivity contribution is -0.386. The van der Waals surface area contributed by atoms with Gasteiger partial charge in [0, 0.05) is 17.7 Å². The second-order valence-corrected chi connectivity index (χ2v) is 5.64. The van der Waals surface area contributed by atoms with Crippen LogP contribution in [0.5, 0.6) is 11.5 Å². The first-order chi connectivity index (χ1) is 12.8. The number of benzene rings is 2. The molecule has 0 bridgehead atoms. The second kappa shape index (κ2) is 8.95. The number of hydrogen-bond donors (Lipinski definition) is 1. The van der Waals surface area contributed by atoms with Crippen molar-refractivity contribution in [3.8, 4) is 11.5 Å². The fourth-order valence-electron chi connectivity index (χ4n) is 2.47. The Morgan fingerprint density at radius 2 is 1.96 bits per heavy atom. The lowest BCUT2D eigenvalue weighted by atomic mass is 10.0. The van der Waals surface area contributed by atoms with Crippen molar-refractivity contribution >= 4 is 11.7 Å². The van der Waals surface area contributed by atoms with Gasteiger partial charge in [-0.3, -0.25) is 14.9 Å². The van der Waals surface area contributed by atoms with Gasteiger partial charge in [-0.15, -0.1) is 0 Å². The maximum Gasteiger partial charge on any atom is 0.322 e. The number of ether oxygens (including phenoxy) is 3.